The lowest BCUT2D eigenvalue weighted by Crippen LogP contribution is -2.35. The quantitative estimate of drug-likeness (QED) is 0.0842. The number of aromatic nitrogens is 2. The molecule has 218 valence electrons. The van der Waals surface area contributed by atoms with Gasteiger partial charge in [0.15, 0.2) is 12.4 Å². The van der Waals surface area contributed by atoms with E-state index in [1.807, 2.05) is 21.6 Å². The van der Waals surface area contributed by atoms with Gasteiger partial charge in [0, 0.05) is 59.1 Å². The summed E-state index contributed by atoms with van der Waals surface area (Å²) in [7, 11) is 3.95. The van der Waals surface area contributed by atoms with E-state index in [-0.39, 0.29) is 0 Å². The Kier molecular flexibility index (Phi) is 12.8. The molecule has 0 bridgehead atoms. The average molecular weight is 596 g/mol. The third kappa shape index (κ3) is 9.64. The van der Waals surface area contributed by atoms with Crippen LogP contribution in [0.2, 0.25) is 0 Å². The highest BCUT2D eigenvalue weighted by Gasteiger charge is 2.10. The first kappa shape index (κ1) is 31.7. The fourth-order valence-electron chi connectivity index (χ4n) is 5.04. The number of pyridine rings is 2. The van der Waals surface area contributed by atoms with Gasteiger partial charge in [-0.2, -0.15) is 9.13 Å². The Morgan fingerprint density at radius 3 is 1.74 bits per heavy atom. The molecule has 0 fully saturated rings. The lowest BCUT2D eigenvalue weighted by Gasteiger charge is -2.07. The maximum absolute atomic E-state index is 3.56. The van der Waals surface area contributed by atoms with Crippen molar-refractivity contribution in [1.29, 1.82) is 0 Å². The molecule has 4 rings (SSSR count). The summed E-state index contributed by atoms with van der Waals surface area (Å²) in [4.78, 5) is 0. The van der Waals surface area contributed by atoms with Crippen molar-refractivity contribution < 1.29 is 9.13 Å². The van der Waals surface area contributed by atoms with E-state index in [1.165, 1.54) is 57.1 Å². The van der Waals surface area contributed by atoms with Gasteiger partial charge in [-0.3, -0.25) is 0 Å². The van der Waals surface area contributed by atoms with E-state index >= 15 is 0 Å². The molecule has 0 amide bonds. The number of hydrogen-bond acceptors (Lipinski definition) is 3. The summed E-state index contributed by atoms with van der Waals surface area (Å²) in [5.41, 5.74) is 10.2. The lowest BCUT2D eigenvalue weighted by atomic mass is 10.0. The van der Waals surface area contributed by atoms with E-state index in [0.717, 1.165) is 31.8 Å². The fourth-order valence-corrected chi connectivity index (χ4v) is 7.03. The average Bonchev–Trinajstić information content (AvgIpc) is 3.03. The van der Waals surface area contributed by atoms with Crippen LogP contribution in [0.3, 0.4) is 0 Å². The first-order valence-electron chi connectivity index (χ1n) is 15.1. The normalized spacial score (nSPS) is 12.0. The van der Waals surface area contributed by atoms with Crippen molar-refractivity contribution in [3.8, 4) is 0 Å². The van der Waals surface area contributed by atoms with Crippen molar-refractivity contribution in [1.82, 2.24) is 0 Å². The Bertz CT molecular complexity index is 1340. The highest BCUT2D eigenvalue weighted by molar-refractivity contribution is 8.76. The molecule has 3 nitrogen and oxygen atoms in total. The zero-order valence-corrected chi connectivity index (χ0v) is 27.2. The number of nitrogens with zero attached hydrogens (tertiary/aromatic N) is 2. The highest BCUT2D eigenvalue weighted by Crippen LogP contribution is 2.23. The SMILES string of the molecule is CC[n+]1ccccc1/C(C)=C/c1ccc(CCCSSCCNc2ccc(/C=C(\C)c3cccc[n+]3CC)cc2)cc1. The first-order valence-corrected chi connectivity index (χ1v) is 17.6. The van der Waals surface area contributed by atoms with Crippen molar-refractivity contribution in [3.05, 3.63) is 125 Å². The van der Waals surface area contributed by atoms with Crippen LogP contribution in [0.1, 0.15) is 62.2 Å². The van der Waals surface area contributed by atoms with Crippen LogP contribution in [-0.2, 0) is 19.5 Å². The van der Waals surface area contributed by atoms with Gasteiger partial charge >= 0.3 is 0 Å². The molecular formula is C37H45N3S2+2. The van der Waals surface area contributed by atoms with Gasteiger partial charge in [0.25, 0.3) is 0 Å². The van der Waals surface area contributed by atoms with Crippen LogP contribution in [0.25, 0.3) is 23.3 Å². The predicted octanol–water partition coefficient (Wildman–Crippen LogP) is 8.85. The molecule has 0 radical (unpaired) electrons. The molecule has 4 aromatic rings. The Hall–Kier alpha value is -3.28. The van der Waals surface area contributed by atoms with E-state index < -0.39 is 0 Å². The summed E-state index contributed by atoms with van der Waals surface area (Å²) in [5.74, 6) is 2.27. The minimum absolute atomic E-state index is 0.973. The van der Waals surface area contributed by atoms with Crippen LogP contribution in [0.4, 0.5) is 5.69 Å². The van der Waals surface area contributed by atoms with Crippen LogP contribution < -0.4 is 14.5 Å². The highest BCUT2D eigenvalue weighted by atomic mass is 33.1. The third-order valence-electron chi connectivity index (χ3n) is 7.32. The summed E-state index contributed by atoms with van der Waals surface area (Å²) in [6, 6.07) is 30.6. The standard InChI is InChI=1S/C37H44N3S2/c1-5-39-24-9-7-13-36(39)30(3)28-33-17-15-32(16-18-33)12-11-26-41-42-27-23-38-35-21-19-34(20-22-35)29-31(4)37-14-8-10-25-40(37)6-2/h7-10,13-22,24-25,28-29H,5-6,11-12,23,26-27H2,1-4H3/q+1/p+1/b30-28+. The van der Waals surface area contributed by atoms with Gasteiger partial charge < -0.3 is 5.32 Å². The minimum Gasteiger partial charge on any atom is -0.384 e. The second kappa shape index (κ2) is 17.0. The molecule has 0 aliphatic rings. The predicted molar refractivity (Wildman–Crippen MR) is 186 cm³/mol. The second-order valence-corrected chi connectivity index (χ2v) is 13.1. The minimum atomic E-state index is 0.973. The van der Waals surface area contributed by atoms with Crippen LogP contribution in [0.5, 0.6) is 0 Å². The Labute approximate surface area is 261 Å². The maximum Gasteiger partial charge on any atom is 0.208 e. The van der Waals surface area contributed by atoms with Gasteiger partial charge in [-0.25, -0.2) is 0 Å². The summed E-state index contributed by atoms with van der Waals surface area (Å²) in [6.07, 6.45) is 11.2. The molecule has 2 heterocycles. The third-order valence-corrected chi connectivity index (χ3v) is 9.81. The van der Waals surface area contributed by atoms with Gasteiger partial charge in [-0.15, -0.1) is 0 Å². The van der Waals surface area contributed by atoms with Gasteiger partial charge in [0.05, 0.1) is 0 Å². The monoisotopic (exact) mass is 595 g/mol. The number of rotatable bonds is 15. The largest absolute Gasteiger partial charge is 0.384 e. The number of aryl methyl sites for hydroxylation is 3. The smallest absolute Gasteiger partial charge is 0.208 e. The van der Waals surface area contributed by atoms with Gasteiger partial charge in [-0.1, -0.05) is 58.0 Å². The van der Waals surface area contributed by atoms with E-state index in [9.17, 15) is 0 Å². The number of benzene rings is 2. The number of hydrogen-bond donors (Lipinski definition) is 1. The van der Waals surface area contributed by atoms with Crippen molar-refractivity contribution in [2.45, 2.75) is 53.6 Å². The Balaban J connectivity index is 1.11. The molecule has 0 aliphatic carbocycles. The van der Waals surface area contributed by atoms with Crippen molar-refractivity contribution >= 4 is 50.6 Å². The zero-order valence-electron chi connectivity index (χ0n) is 25.6. The van der Waals surface area contributed by atoms with Crippen molar-refractivity contribution in [2.75, 3.05) is 23.4 Å². The Morgan fingerprint density at radius 1 is 0.667 bits per heavy atom. The van der Waals surface area contributed by atoms with Crippen molar-refractivity contribution in [3.63, 3.8) is 0 Å². The van der Waals surface area contributed by atoms with E-state index in [1.54, 1.807) is 0 Å². The molecule has 0 spiro atoms. The molecule has 42 heavy (non-hydrogen) atoms. The Morgan fingerprint density at radius 2 is 1.19 bits per heavy atom. The molecule has 0 saturated carbocycles. The van der Waals surface area contributed by atoms with E-state index in [4.69, 9.17) is 0 Å². The summed E-state index contributed by atoms with van der Waals surface area (Å²) >= 11 is 0. The molecule has 0 atom stereocenters. The molecule has 0 saturated heterocycles. The first-order chi connectivity index (χ1) is 20.6. The molecule has 2 aromatic carbocycles. The van der Waals surface area contributed by atoms with Crippen LogP contribution in [0, 0.1) is 0 Å². The van der Waals surface area contributed by atoms with E-state index in [0.29, 0.717) is 0 Å². The summed E-state index contributed by atoms with van der Waals surface area (Å²) < 4.78 is 4.57. The maximum atomic E-state index is 3.56. The molecule has 0 aliphatic heterocycles. The number of anilines is 1. The number of allylic oxidation sites excluding steroid dienone is 2. The van der Waals surface area contributed by atoms with E-state index in [2.05, 4.69) is 152 Å². The summed E-state index contributed by atoms with van der Waals surface area (Å²) in [6.45, 7) is 11.7. The zero-order chi connectivity index (χ0) is 29.6. The molecule has 1 N–H and O–H groups in total. The van der Waals surface area contributed by atoms with Gasteiger partial charge in [0.1, 0.15) is 13.1 Å². The lowest BCUT2D eigenvalue weighted by molar-refractivity contribution is -0.695. The molecule has 2 aromatic heterocycles. The van der Waals surface area contributed by atoms with Crippen molar-refractivity contribution in [2.24, 2.45) is 0 Å². The van der Waals surface area contributed by atoms with Crippen LogP contribution in [-0.4, -0.2) is 18.1 Å². The molecule has 0 unspecified atom stereocenters. The second-order valence-electron chi connectivity index (χ2n) is 10.4. The topological polar surface area (TPSA) is 19.8 Å². The molecule has 5 heteroatoms. The van der Waals surface area contributed by atoms with Gasteiger partial charge in [-0.05, 0) is 93.6 Å². The molecular weight excluding hydrogens is 551 g/mol. The fraction of sp³-hybridized carbons (Fsp3) is 0.297. The van der Waals surface area contributed by atoms with Crippen LogP contribution >= 0.6 is 21.6 Å². The summed E-state index contributed by atoms with van der Waals surface area (Å²) in [5, 5.41) is 3.56. The van der Waals surface area contributed by atoms with Gasteiger partial charge in [0.2, 0.25) is 11.4 Å². The number of nitrogens with one attached hydrogen (secondary N) is 1. The van der Waals surface area contributed by atoms with Crippen LogP contribution in [0.15, 0.2) is 97.3 Å².